The molecule has 3 nitrogen and oxygen atoms in total. The average molecular weight is 238 g/mol. The Bertz CT molecular complexity index is 284. The molecule has 0 radical (unpaired) electrons. The summed E-state index contributed by atoms with van der Waals surface area (Å²) in [5.41, 5.74) is 1.36. The molecule has 0 bridgehead atoms. The summed E-state index contributed by atoms with van der Waals surface area (Å²) >= 11 is 0. The monoisotopic (exact) mass is 238 g/mol. The van der Waals surface area contributed by atoms with Crippen molar-refractivity contribution in [1.29, 1.82) is 0 Å². The molecule has 0 aliphatic rings. The van der Waals surface area contributed by atoms with Crippen LogP contribution in [0.2, 0.25) is 0 Å². The number of nitrogens with one attached hydrogen (secondary N) is 1. The Morgan fingerprint density at radius 1 is 1.24 bits per heavy atom. The third-order valence-electron chi connectivity index (χ3n) is 2.79. The molecule has 1 aromatic rings. The number of aryl methyl sites for hydroxylation is 1. The maximum Gasteiger partial charge on any atom is 0.0478 e. The van der Waals surface area contributed by atoms with E-state index in [1.165, 1.54) is 18.4 Å². The molecule has 1 heterocycles. The molecule has 0 saturated carbocycles. The van der Waals surface area contributed by atoms with Gasteiger partial charge in [-0.25, -0.2) is 0 Å². The second-order valence-corrected chi connectivity index (χ2v) is 4.35. The molecule has 1 N–H and O–H groups in total. The zero-order valence-corrected chi connectivity index (χ0v) is 11.2. The smallest absolute Gasteiger partial charge is 0.0478 e. The second-order valence-electron chi connectivity index (χ2n) is 4.35. The quantitative estimate of drug-likeness (QED) is 0.634. The summed E-state index contributed by atoms with van der Waals surface area (Å²) < 4.78 is 7.70. The molecule has 0 unspecified atom stereocenters. The standard InChI is InChI=1S/C14H26N2O/c1-3-5-10-17-11-6-8-15-12-14-7-9-16(4-2)13-14/h7,9,13,15H,3-6,8,10-12H2,1-2H3. The molecule has 0 amide bonds. The number of ether oxygens (including phenoxy) is 1. The van der Waals surface area contributed by atoms with E-state index in [4.69, 9.17) is 4.74 Å². The number of rotatable bonds is 10. The molecule has 17 heavy (non-hydrogen) atoms. The Morgan fingerprint density at radius 3 is 2.76 bits per heavy atom. The van der Waals surface area contributed by atoms with Gasteiger partial charge in [-0.15, -0.1) is 0 Å². The predicted molar refractivity (Wildman–Crippen MR) is 72.2 cm³/mol. The van der Waals surface area contributed by atoms with Gasteiger partial charge >= 0.3 is 0 Å². The van der Waals surface area contributed by atoms with Gasteiger partial charge in [0.05, 0.1) is 0 Å². The Morgan fingerprint density at radius 2 is 2.06 bits per heavy atom. The fourth-order valence-electron chi connectivity index (χ4n) is 1.67. The first-order valence-corrected chi connectivity index (χ1v) is 6.80. The largest absolute Gasteiger partial charge is 0.381 e. The Hall–Kier alpha value is -0.800. The van der Waals surface area contributed by atoms with Crippen molar-refractivity contribution in [3.63, 3.8) is 0 Å². The first-order valence-electron chi connectivity index (χ1n) is 6.80. The highest BCUT2D eigenvalue weighted by Crippen LogP contribution is 2.00. The van der Waals surface area contributed by atoms with E-state index in [0.29, 0.717) is 0 Å². The second kappa shape index (κ2) is 9.25. The van der Waals surface area contributed by atoms with Crippen molar-refractivity contribution in [2.24, 2.45) is 0 Å². The van der Waals surface area contributed by atoms with Crippen molar-refractivity contribution in [2.45, 2.75) is 46.2 Å². The van der Waals surface area contributed by atoms with E-state index in [9.17, 15) is 0 Å². The van der Waals surface area contributed by atoms with Crippen molar-refractivity contribution in [2.75, 3.05) is 19.8 Å². The van der Waals surface area contributed by atoms with Crippen LogP contribution >= 0.6 is 0 Å². The Kier molecular flexibility index (Phi) is 7.76. The molecule has 0 aliphatic carbocycles. The van der Waals surface area contributed by atoms with Crippen LogP contribution in [0.1, 0.15) is 38.7 Å². The molecular formula is C14H26N2O. The molecule has 1 aromatic heterocycles. The lowest BCUT2D eigenvalue weighted by Gasteiger charge is -2.04. The van der Waals surface area contributed by atoms with Crippen LogP contribution in [0.25, 0.3) is 0 Å². The molecule has 98 valence electrons. The van der Waals surface area contributed by atoms with Gasteiger partial charge in [-0.3, -0.25) is 0 Å². The minimum atomic E-state index is 0.878. The normalized spacial score (nSPS) is 10.9. The molecule has 0 spiro atoms. The molecule has 3 heteroatoms. The van der Waals surface area contributed by atoms with Crippen LogP contribution in [0, 0.1) is 0 Å². The van der Waals surface area contributed by atoms with Crippen LogP contribution in [0.5, 0.6) is 0 Å². The molecular weight excluding hydrogens is 212 g/mol. The topological polar surface area (TPSA) is 26.2 Å². The molecule has 1 rings (SSSR count). The Labute approximate surface area is 105 Å². The summed E-state index contributed by atoms with van der Waals surface area (Å²) in [6.45, 7) is 9.17. The summed E-state index contributed by atoms with van der Waals surface area (Å²) in [5.74, 6) is 0. The van der Waals surface area contributed by atoms with Crippen molar-refractivity contribution in [1.82, 2.24) is 9.88 Å². The number of aromatic nitrogens is 1. The lowest BCUT2D eigenvalue weighted by Crippen LogP contribution is -2.16. The zero-order valence-electron chi connectivity index (χ0n) is 11.2. The lowest BCUT2D eigenvalue weighted by atomic mass is 10.3. The maximum atomic E-state index is 5.50. The van der Waals surface area contributed by atoms with Crippen LogP contribution < -0.4 is 5.32 Å². The average Bonchev–Trinajstić information content (AvgIpc) is 2.80. The highest BCUT2D eigenvalue weighted by molar-refractivity contribution is 5.09. The van der Waals surface area contributed by atoms with E-state index in [0.717, 1.165) is 39.3 Å². The SMILES string of the molecule is CCCCOCCCNCc1ccn(CC)c1. The summed E-state index contributed by atoms with van der Waals surface area (Å²) in [4.78, 5) is 0. The van der Waals surface area contributed by atoms with Crippen LogP contribution in [-0.2, 0) is 17.8 Å². The fraction of sp³-hybridized carbons (Fsp3) is 0.714. The third kappa shape index (κ3) is 6.49. The maximum absolute atomic E-state index is 5.50. The number of unbranched alkanes of at least 4 members (excludes halogenated alkanes) is 1. The summed E-state index contributed by atoms with van der Waals surface area (Å²) in [6, 6.07) is 2.17. The van der Waals surface area contributed by atoms with E-state index in [1.54, 1.807) is 0 Å². The van der Waals surface area contributed by atoms with E-state index < -0.39 is 0 Å². The third-order valence-corrected chi connectivity index (χ3v) is 2.79. The van der Waals surface area contributed by atoms with Crippen LogP contribution in [0.3, 0.4) is 0 Å². The van der Waals surface area contributed by atoms with E-state index in [-0.39, 0.29) is 0 Å². The van der Waals surface area contributed by atoms with Gasteiger partial charge < -0.3 is 14.6 Å². The number of nitrogens with zero attached hydrogens (tertiary/aromatic N) is 1. The molecule has 0 fully saturated rings. The van der Waals surface area contributed by atoms with Crippen molar-refractivity contribution in [3.8, 4) is 0 Å². The summed E-state index contributed by atoms with van der Waals surface area (Å²) in [5, 5.41) is 3.44. The first-order chi connectivity index (χ1) is 8.36. The van der Waals surface area contributed by atoms with Crippen molar-refractivity contribution in [3.05, 3.63) is 24.0 Å². The highest BCUT2D eigenvalue weighted by atomic mass is 16.5. The van der Waals surface area contributed by atoms with Crippen molar-refractivity contribution < 1.29 is 4.74 Å². The predicted octanol–water partition coefficient (Wildman–Crippen LogP) is 2.80. The first kappa shape index (κ1) is 14.3. The van der Waals surface area contributed by atoms with Crippen LogP contribution in [0.4, 0.5) is 0 Å². The molecule has 0 saturated heterocycles. The highest BCUT2D eigenvalue weighted by Gasteiger charge is 1.95. The summed E-state index contributed by atoms with van der Waals surface area (Å²) in [7, 11) is 0. The van der Waals surface area contributed by atoms with Gasteiger partial charge in [0.2, 0.25) is 0 Å². The Balaban J connectivity index is 1.93. The van der Waals surface area contributed by atoms with E-state index in [1.807, 2.05) is 0 Å². The minimum absolute atomic E-state index is 0.878. The van der Waals surface area contributed by atoms with E-state index in [2.05, 4.69) is 42.2 Å². The van der Waals surface area contributed by atoms with Crippen molar-refractivity contribution >= 4 is 0 Å². The van der Waals surface area contributed by atoms with Crippen LogP contribution in [-0.4, -0.2) is 24.3 Å². The van der Waals surface area contributed by atoms with Gasteiger partial charge in [-0.05, 0) is 37.9 Å². The van der Waals surface area contributed by atoms with Gasteiger partial charge in [-0.2, -0.15) is 0 Å². The zero-order chi connectivity index (χ0) is 12.3. The molecule has 0 aromatic carbocycles. The fourth-order valence-corrected chi connectivity index (χ4v) is 1.67. The van der Waals surface area contributed by atoms with Gasteiger partial charge in [0.15, 0.2) is 0 Å². The summed E-state index contributed by atoms with van der Waals surface area (Å²) in [6.07, 6.45) is 7.82. The van der Waals surface area contributed by atoms with E-state index >= 15 is 0 Å². The van der Waals surface area contributed by atoms with Crippen LogP contribution in [0.15, 0.2) is 18.5 Å². The number of hydrogen-bond donors (Lipinski definition) is 1. The van der Waals surface area contributed by atoms with Gasteiger partial charge in [0, 0.05) is 38.7 Å². The van der Waals surface area contributed by atoms with Gasteiger partial charge in [-0.1, -0.05) is 13.3 Å². The lowest BCUT2D eigenvalue weighted by molar-refractivity contribution is 0.129. The molecule has 0 aliphatic heterocycles. The number of hydrogen-bond acceptors (Lipinski definition) is 2. The van der Waals surface area contributed by atoms with Gasteiger partial charge in [0.1, 0.15) is 0 Å². The van der Waals surface area contributed by atoms with Gasteiger partial charge in [0.25, 0.3) is 0 Å². The minimum Gasteiger partial charge on any atom is -0.381 e. The molecule has 0 atom stereocenters.